The molecule has 0 bridgehead atoms. The Balaban J connectivity index is 2.64. The smallest absolute Gasteiger partial charge is 0.147 e. The minimum atomic E-state index is -0.162. The molecule has 0 aliphatic rings. The van der Waals surface area contributed by atoms with Crippen molar-refractivity contribution in [3.05, 3.63) is 23.2 Å². The third kappa shape index (κ3) is 3.47. The Bertz CT molecular complexity index is 271. The highest BCUT2D eigenvalue weighted by Gasteiger charge is 2.11. The van der Waals surface area contributed by atoms with Crippen molar-refractivity contribution in [2.45, 2.75) is 6.10 Å². The van der Waals surface area contributed by atoms with Crippen molar-refractivity contribution in [2.24, 2.45) is 0 Å². The Morgan fingerprint density at radius 2 is 2.36 bits per heavy atom. The molecule has 1 heterocycles. The molecule has 2 N–H and O–H groups in total. The van der Waals surface area contributed by atoms with Crippen LogP contribution in [0.15, 0.2) is 12.4 Å². The number of methoxy groups -OCH3 is 1. The number of hydrogen-bond acceptors (Lipinski definition) is 5. The van der Waals surface area contributed by atoms with Crippen molar-refractivity contribution in [1.82, 2.24) is 19.8 Å². The fraction of sp³-hybridized carbons (Fsp3) is 0.429. The molecule has 1 aromatic rings. The van der Waals surface area contributed by atoms with Crippen molar-refractivity contribution < 1.29 is 4.74 Å². The normalized spacial score (nSPS) is 12.8. The molecule has 14 heavy (non-hydrogen) atoms. The van der Waals surface area contributed by atoms with E-state index in [1.54, 1.807) is 13.3 Å². The first kappa shape index (κ1) is 11.8. The summed E-state index contributed by atoms with van der Waals surface area (Å²) in [7, 11) is 1.61. The SMILES string of the molecule is COC(CNNBr)c1cnc(Cl)cn1. The molecule has 1 atom stereocenters. The Labute approximate surface area is 95.5 Å². The van der Waals surface area contributed by atoms with Gasteiger partial charge in [0.1, 0.15) is 11.3 Å². The van der Waals surface area contributed by atoms with Gasteiger partial charge in [-0.25, -0.2) is 10.4 Å². The molecular formula is C7H10BrClN4O. The number of halogens is 2. The summed E-state index contributed by atoms with van der Waals surface area (Å²) in [5.74, 6) is 0. The van der Waals surface area contributed by atoms with Crippen LogP contribution < -0.4 is 9.88 Å². The molecule has 0 aromatic carbocycles. The molecule has 7 heteroatoms. The molecule has 0 aliphatic carbocycles. The van der Waals surface area contributed by atoms with Gasteiger partial charge in [0.15, 0.2) is 0 Å². The van der Waals surface area contributed by atoms with E-state index in [9.17, 15) is 0 Å². The average molecular weight is 282 g/mol. The maximum atomic E-state index is 5.61. The highest BCUT2D eigenvalue weighted by Crippen LogP contribution is 2.12. The predicted molar refractivity (Wildman–Crippen MR) is 56.9 cm³/mol. The molecular weight excluding hydrogens is 271 g/mol. The molecule has 0 fully saturated rings. The van der Waals surface area contributed by atoms with E-state index in [0.29, 0.717) is 11.7 Å². The molecule has 0 aliphatic heterocycles. The van der Waals surface area contributed by atoms with Crippen LogP contribution >= 0.6 is 27.7 Å². The Hall–Kier alpha value is -0.270. The molecule has 78 valence electrons. The third-order valence-corrected chi connectivity index (χ3v) is 2.08. The quantitative estimate of drug-likeness (QED) is 0.628. The van der Waals surface area contributed by atoms with Crippen LogP contribution in [0, 0.1) is 0 Å². The second kappa shape index (κ2) is 6.26. The van der Waals surface area contributed by atoms with Crippen LogP contribution in [-0.2, 0) is 4.74 Å². The van der Waals surface area contributed by atoms with Crippen molar-refractivity contribution in [3.63, 3.8) is 0 Å². The van der Waals surface area contributed by atoms with E-state index in [4.69, 9.17) is 16.3 Å². The largest absolute Gasteiger partial charge is 0.374 e. The third-order valence-electron chi connectivity index (χ3n) is 1.61. The number of rotatable bonds is 5. The van der Waals surface area contributed by atoms with Crippen molar-refractivity contribution in [3.8, 4) is 0 Å². The van der Waals surface area contributed by atoms with Gasteiger partial charge in [-0.2, -0.15) is 4.45 Å². The van der Waals surface area contributed by atoms with Gasteiger partial charge in [-0.3, -0.25) is 4.98 Å². The zero-order valence-electron chi connectivity index (χ0n) is 7.50. The van der Waals surface area contributed by atoms with Gasteiger partial charge in [0.25, 0.3) is 0 Å². The highest BCUT2D eigenvalue weighted by molar-refractivity contribution is 9.08. The highest BCUT2D eigenvalue weighted by atomic mass is 79.9. The lowest BCUT2D eigenvalue weighted by Gasteiger charge is -2.13. The summed E-state index contributed by atoms with van der Waals surface area (Å²) >= 11 is 8.63. The zero-order valence-corrected chi connectivity index (χ0v) is 9.84. The second-order valence-electron chi connectivity index (χ2n) is 2.46. The Morgan fingerprint density at radius 1 is 1.57 bits per heavy atom. The predicted octanol–water partition coefficient (Wildman–Crippen LogP) is 1.22. The van der Waals surface area contributed by atoms with Crippen LogP contribution in [0.25, 0.3) is 0 Å². The van der Waals surface area contributed by atoms with Crippen molar-refractivity contribution >= 4 is 27.7 Å². The average Bonchev–Trinajstić information content (AvgIpc) is 2.21. The number of aromatic nitrogens is 2. The lowest BCUT2D eigenvalue weighted by molar-refractivity contribution is 0.0977. The summed E-state index contributed by atoms with van der Waals surface area (Å²) in [4.78, 5) is 8.02. The van der Waals surface area contributed by atoms with Crippen molar-refractivity contribution in [1.29, 1.82) is 0 Å². The monoisotopic (exact) mass is 280 g/mol. The van der Waals surface area contributed by atoms with E-state index in [1.165, 1.54) is 6.20 Å². The summed E-state index contributed by atoms with van der Waals surface area (Å²) in [6, 6.07) is 0. The molecule has 0 spiro atoms. The topological polar surface area (TPSA) is 59.1 Å². The van der Waals surface area contributed by atoms with E-state index in [1.807, 2.05) is 0 Å². The summed E-state index contributed by atoms with van der Waals surface area (Å²) in [5.41, 5.74) is 3.58. The lowest BCUT2D eigenvalue weighted by atomic mass is 10.2. The van der Waals surface area contributed by atoms with E-state index in [2.05, 4.69) is 36.0 Å². The van der Waals surface area contributed by atoms with Gasteiger partial charge < -0.3 is 4.74 Å². The minimum Gasteiger partial charge on any atom is -0.374 e. The molecule has 0 radical (unpaired) electrons. The molecule has 0 amide bonds. The van der Waals surface area contributed by atoms with Crippen molar-refractivity contribution in [2.75, 3.05) is 13.7 Å². The molecule has 1 aromatic heterocycles. The van der Waals surface area contributed by atoms with Gasteiger partial charge in [0.2, 0.25) is 0 Å². The maximum Gasteiger partial charge on any atom is 0.147 e. The number of ether oxygens (including phenoxy) is 1. The molecule has 5 nitrogen and oxygen atoms in total. The van der Waals surface area contributed by atoms with Gasteiger partial charge in [-0.1, -0.05) is 11.6 Å². The van der Waals surface area contributed by atoms with Crippen LogP contribution in [-0.4, -0.2) is 23.6 Å². The summed E-state index contributed by atoms with van der Waals surface area (Å²) < 4.78 is 7.83. The van der Waals surface area contributed by atoms with Gasteiger partial charge in [-0.15, -0.1) is 0 Å². The zero-order chi connectivity index (χ0) is 10.4. The first-order valence-corrected chi connectivity index (χ1v) is 5.03. The van der Waals surface area contributed by atoms with Crippen LogP contribution in [0.2, 0.25) is 5.15 Å². The van der Waals surface area contributed by atoms with Gasteiger partial charge in [0.05, 0.1) is 18.1 Å². The van der Waals surface area contributed by atoms with E-state index in [0.717, 1.165) is 5.69 Å². The van der Waals surface area contributed by atoms with Crippen LogP contribution in [0.4, 0.5) is 0 Å². The van der Waals surface area contributed by atoms with E-state index < -0.39 is 0 Å². The van der Waals surface area contributed by atoms with Gasteiger partial charge >= 0.3 is 0 Å². The summed E-state index contributed by atoms with van der Waals surface area (Å²) in [6.45, 7) is 0.568. The summed E-state index contributed by atoms with van der Waals surface area (Å²) in [5, 5.41) is 0.371. The van der Waals surface area contributed by atoms with E-state index >= 15 is 0 Å². The number of nitrogens with zero attached hydrogens (tertiary/aromatic N) is 2. The standard InChI is InChI=1S/C7H10BrClN4O/c1-14-6(3-12-13-8)5-2-11-7(9)4-10-5/h2,4,6,12-13H,3H2,1H3. The minimum absolute atomic E-state index is 0.162. The van der Waals surface area contributed by atoms with Gasteiger partial charge in [0, 0.05) is 29.8 Å². The molecule has 0 saturated heterocycles. The molecule has 0 saturated carbocycles. The van der Waals surface area contributed by atoms with Crippen LogP contribution in [0.1, 0.15) is 11.8 Å². The number of hydrazine groups is 1. The Kier molecular flexibility index (Phi) is 5.28. The first-order valence-electron chi connectivity index (χ1n) is 3.86. The number of hydrogen-bond donors (Lipinski definition) is 2. The van der Waals surface area contributed by atoms with Crippen LogP contribution in [0.5, 0.6) is 0 Å². The fourth-order valence-corrected chi connectivity index (χ4v) is 1.19. The molecule has 1 rings (SSSR count). The fourth-order valence-electron chi connectivity index (χ4n) is 0.928. The maximum absolute atomic E-state index is 5.61. The second-order valence-corrected chi connectivity index (χ2v) is 3.25. The molecule has 1 unspecified atom stereocenters. The summed E-state index contributed by atoms with van der Waals surface area (Å²) in [6.07, 6.45) is 2.92. The van der Waals surface area contributed by atoms with Crippen LogP contribution in [0.3, 0.4) is 0 Å². The first-order chi connectivity index (χ1) is 6.77. The Morgan fingerprint density at radius 3 is 2.86 bits per heavy atom. The lowest BCUT2D eigenvalue weighted by Crippen LogP contribution is -2.29. The van der Waals surface area contributed by atoms with E-state index in [-0.39, 0.29) is 6.10 Å². The number of nitrogens with one attached hydrogen (secondary N) is 2. The van der Waals surface area contributed by atoms with Gasteiger partial charge in [-0.05, 0) is 0 Å².